The van der Waals surface area contributed by atoms with Crippen LogP contribution in [0.4, 0.5) is 4.39 Å². The molecule has 3 aromatic rings. The molecule has 0 spiro atoms. The molecule has 1 aliphatic rings. The average Bonchev–Trinajstić information content (AvgIpc) is 3.29. The molecule has 1 saturated carbocycles. The van der Waals surface area contributed by atoms with Crippen LogP contribution in [0.3, 0.4) is 0 Å². The van der Waals surface area contributed by atoms with Crippen molar-refractivity contribution in [3.63, 3.8) is 0 Å². The summed E-state index contributed by atoms with van der Waals surface area (Å²) < 4.78 is 14.7. The zero-order valence-electron chi connectivity index (χ0n) is 20.9. The second kappa shape index (κ2) is 11.4. The Morgan fingerprint density at radius 3 is 2.55 bits per heavy atom. The van der Waals surface area contributed by atoms with Crippen LogP contribution in [-0.4, -0.2) is 16.2 Å². The molecule has 4 heteroatoms. The molecule has 1 aliphatic carbocycles. The molecule has 0 amide bonds. The van der Waals surface area contributed by atoms with Crippen LogP contribution in [0, 0.1) is 31.5 Å². The van der Waals surface area contributed by atoms with Crippen molar-refractivity contribution >= 4 is 11.3 Å². The van der Waals surface area contributed by atoms with Crippen LogP contribution >= 0.6 is 11.3 Å². The number of aliphatic hydroxyl groups excluding tert-OH is 1. The van der Waals surface area contributed by atoms with Gasteiger partial charge in [-0.25, -0.2) is 4.39 Å². The molecule has 3 unspecified atom stereocenters. The summed E-state index contributed by atoms with van der Waals surface area (Å²) in [6.07, 6.45) is 5.15. The van der Waals surface area contributed by atoms with Gasteiger partial charge in [-0.2, -0.15) is 0 Å². The zero-order valence-corrected chi connectivity index (χ0v) is 21.7. The lowest BCUT2D eigenvalue weighted by Crippen LogP contribution is -2.33. The lowest BCUT2D eigenvalue weighted by molar-refractivity contribution is 0.0310. The third-order valence-corrected chi connectivity index (χ3v) is 8.31. The Morgan fingerprint density at radius 1 is 1.09 bits per heavy atom. The second-order valence-electron chi connectivity index (χ2n) is 9.18. The number of aliphatic hydroxyl groups is 1. The van der Waals surface area contributed by atoms with Gasteiger partial charge in [-0.05, 0) is 85.4 Å². The van der Waals surface area contributed by atoms with E-state index in [0.717, 1.165) is 51.4 Å². The number of aromatic nitrogens is 1. The highest BCUT2D eigenvalue weighted by Crippen LogP contribution is 2.41. The molecule has 2 nitrogen and oxygen atoms in total. The molecule has 33 heavy (non-hydrogen) atoms. The Hall–Kier alpha value is -2.04. The topological polar surface area (TPSA) is 33.1 Å². The first kappa shape index (κ1) is 25.6. The molecule has 178 valence electrons. The fourth-order valence-corrected chi connectivity index (χ4v) is 5.90. The Kier molecular flexibility index (Phi) is 8.83. The van der Waals surface area contributed by atoms with Crippen LogP contribution < -0.4 is 0 Å². The van der Waals surface area contributed by atoms with E-state index in [4.69, 9.17) is 0 Å². The molecule has 1 N–H and O–H groups in total. The van der Waals surface area contributed by atoms with Gasteiger partial charge in [0.1, 0.15) is 5.82 Å². The molecular weight excluding hydrogens is 429 g/mol. The molecule has 0 bridgehead atoms. The molecule has 2 aromatic heterocycles. The van der Waals surface area contributed by atoms with Gasteiger partial charge in [-0.1, -0.05) is 46.2 Å². The van der Waals surface area contributed by atoms with Gasteiger partial charge < -0.3 is 5.11 Å². The second-order valence-corrected chi connectivity index (χ2v) is 10.4. The minimum atomic E-state index is -0.274. The maximum atomic E-state index is 14.7. The fourth-order valence-electron chi connectivity index (χ4n) is 4.89. The van der Waals surface area contributed by atoms with Crippen LogP contribution in [-0.2, 0) is 6.42 Å². The van der Waals surface area contributed by atoms with E-state index in [1.165, 1.54) is 5.56 Å². The predicted octanol–water partition coefficient (Wildman–Crippen LogP) is 8.08. The lowest BCUT2D eigenvalue weighted by atomic mass is 9.70. The molecule has 2 heterocycles. The van der Waals surface area contributed by atoms with E-state index in [0.29, 0.717) is 24.2 Å². The van der Waals surface area contributed by atoms with E-state index in [1.54, 1.807) is 17.4 Å². The van der Waals surface area contributed by atoms with Crippen molar-refractivity contribution in [2.75, 3.05) is 0 Å². The largest absolute Gasteiger partial charge is 0.393 e. The van der Waals surface area contributed by atoms with Crippen molar-refractivity contribution in [3.8, 4) is 10.4 Å². The molecular formula is C29H38FNOS. The molecule has 0 radical (unpaired) electrons. The van der Waals surface area contributed by atoms with E-state index < -0.39 is 0 Å². The van der Waals surface area contributed by atoms with Gasteiger partial charge in [0, 0.05) is 33.6 Å². The number of hydrogen-bond donors (Lipinski definition) is 1. The van der Waals surface area contributed by atoms with Gasteiger partial charge in [0.05, 0.1) is 6.10 Å². The van der Waals surface area contributed by atoms with Crippen LogP contribution in [0.25, 0.3) is 10.4 Å². The van der Waals surface area contributed by atoms with Crippen LogP contribution in [0.1, 0.15) is 80.1 Å². The number of halogens is 1. The van der Waals surface area contributed by atoms with Crippen LogP contribution in [0.5, 0.6) is 0 Å². The van der Waals surface area contributed by atoms with Crippen LogP contribution in [0.2, 0.25) is 0 Å². The summed E-state index contributed by atoms with van der Waals surface area (Å²) in [4.78, 5) is 6.79. The summed E-state index contributed by atoms with van der Waals surface area (Å²) in [5, 5.41) is 10.5. The van der Waals surface area contributed by atoms with Gasteiger partial charge in [-0.3, -0.25) is 4.98 Å². The number of rotatable bonds is 5. The monoisotopic (exact) mass is 467 g/mol. The number of pyridine rings is 1. The Balaban J connectivity index is 0.00000149. The van der Waals surface area contributed by atoms with Crippen molar-refractivity contribution in [1.29, 1.82) is 0 Å². The fraction of sp³-hybridized carbons (Fsp3) is 0.483. The number of aryl methyl sites for hydroxylation is 2. The minimum Gasteiger partial charge on any atom is -0.393 e. The first-order valence-electron chi connectivity index (χ1n) is 12.3. The normalized spacial score (nSPS) is 22.5. The molecule has 4 atom stereocenters. The van der Waals surface area contributed by atoms with Crippen molar-refractivity contribution in [3.05, 3.63) is 75.7 Å². The number of benzene rings is 1. The molecule has 4 rings (SSSR count). The van der Waals surface area contributed by atoms with Crippen molar-refractivity contribution in [2.24, 2.45) is 11.8 Å². The number of thiophene rings is 1. The first-order chi connectivity index (χ1) is 15.9. The van der Waals surface area contributed by atoms with Gasteiger partial charge in [0.25, 0.3) is 0 Å². The van der Waals surface area contributed by atoms with Gasteiger partial charge in [0.15, 0.2) is 0 Å². The maximum absolute atomic E-state index is 14.7. The molecule has 1 fully saturated rings. The smallest absolute Gasteiger partial charge is 0.126 e. The van der Waals surface area contributed by atoms with Crippen molar-refractivity contribution in [2.45, 2.75) is 79.2 Å². The highest BCUT2D eigenvalue weighted by Gasteiger charge is 2.33. The Labute approximate surface area is 202 Å². The predicted molar refractivity (Wildman–Crippen MR) is 139 cm³/mol. The Bertz CT molecular complexity index is 1060. The van der Waals surface area contributed by atoms with E-state index in [9.17, 15) is 9.50 Å². The summed E-state index contributed by atoms with van der Waals surface area (Å²) in [5.41, 5.74) is 5.25. The SMILES string of the molecule is CC.CCC1CC(c2ccc(F)c(Cc3ccc(-c4cnc(C)c(C)c4)s3)c2)CC(O)[C@@H]1C. The van der Waals surface area contributed by atoms with Crippen LogP contribution in [0.15, 0.2) is 42.6 Å². The molecule has 0 aliphatic heterocycles. The zero-order chi connectivity index (χ0) is 24.1. The average molecular weight is 468 g/mol. The number of nitrogens with zero attached hydrogens (tertiary/aromatic N) is 1. The van der Waals surface area contributed by atoms with E-state index >= 15 is 0 Å². The van der Waals surface area contributed by atoms with Gasteiger partial charge in [0.2, 0.25) is 0 Å². The summed E-state index contributed by atoms with van der Waals surface area (Å²) >= 11 is 1.70. The summed E-state index contributed by atoms with van der Waals surface area (Å²) in [5.74, 6) is 1.01. The van der Waals surface area contributed by atoms with E-state index in [2.05, 4.69) is 44.0 Å². The third kappa shape index (κ3) is 5.91. The van der Waals surface area contributed by atoms with Gasteiger partial charge >= 0.3 is 0 Å². The summed E-state index contributed by atoms with van der Waals surface area (Å²) in [7, 11) is 0. The highest BCUT2D eigenvalue weighted by molar-refractivity contribution is 7.15. The van der Waals surface area contributed by atoms with Gasteiger partial charge in [-0.15, -0.1) is 11.3 Å². The summed E-state index contributed by atoms with van der Waals surface area (Å²) in [6, 6.07) is 11.9. The Morgan fingerprint density at radius 2 is 1.85 bits per heavy atom. The lowest BCUT2D eigenvalue weighted by Gasteiger charge is -2.38. The van der Waals surface area contributed by atoms with E-state index in [1.807, 2.05) is 39.1 Å². The molecule has 1 aromatic carbocycles. The van der Waals surface area contributed by atoms with E-state index in [-0.39, 0.29) is 11.9 Å². The molecule has 0 saturated heterocycles. The van der Waals surface area contributed by atoms with Crippen molar-refractivity contribution < 1.29 is 9.50 Å². The third-order valence-electron chi connectivity index (χ3n) is 7.18. The first-order valence-corrected chi connectivity index (χ1v) is 13.2. The summed E-state index contributed by atoms with van der Waals surface area (Å²) in [6.45, 7) is 12.5. The minimum absolute atomic E-state index is 0.150. The van der Waals surface area contributed by atoms with Crippen molar-refractivity contribution in [1.82, 2.24) is 4.98 Å². The quantitative estimate of drug-likeness (QED) is 0.411. The highest BCUT2D eigenvalue weighted by atomic mass is 32.1. The number of hydrogen-bond acceptors (Lipinski definition) is 3. The maximum Gasteiger partial charge on any atom is 0.126 e. The standard InChI is InChI=1S/C27H32FNOS.C2H6/c1-5-19-11-21(14-26(30)17(19)3)20-6-8-25(28)22(12-20)13-24-7-9-27(31-24)23-10-16(2)18(4)29-15-23;1-2/h6-10,12,15,17,19,21,26,30H,5,11,13-14H2,1-4H3;1-2H3/t17-,19?,21?,26?;/m1./s1.